The van der Waals surface area contributed by atoms with E-state index in [1.54, 1.807) is 0 Å². The SMILES string of the molecule is CCCCC/C=C/CC/C=C/CC/C=C/CCCC(O)C(O)C(CO)NC(=O)C(O)CCCCCCCCCCCCCCCCCC/C=C\CCCCCCCCCCCCCCCCCC. The maximum absolute atomic E-state index is 12.6. The van der Waals surface area contributed by atoms with Gasteiger partial charge in [-0.1, -0.05) is 268 Å². The van der Waals surface area contributed by atoms with Crippen LogP contribution < -0.4 is 5.32 Å². The van der Waals surface area contributed by atoms with E-state index in [2.05, 4.69) is 67.8 Å². The summed E-state index contributed by atoms with van der Waals surface area (Å²) < 4.78 is 0. The molecule has 6 nitrogen and oxygen atoms in total. The van der Waals surface area contributed by atoms with Crippen molar-refractivity contribution in [3.63, 3.8) is 0 Å². The largest absolute Gasteiger partial charge is 0.394 e. The molecule has 0 aromatic heterocycles. The lowest BCUT2D eigenvalue weighted by Gasteiger charge is -2.27. The van der Waals surface area contributed by atoms with E-state index in [0.29, 0.717) is 19.3 Å². The molecule has 0 spiro atoms. The van der Waals surface area contributed by atoms with Crippen molar-refractivity contribution in [3.05, 3.63) is 48.6 Å². The summed E-state index contributed by atoms with van der Waals surface area (Å²) in [5.74, 6) is -0.597. The van der Waals surface area contributed by atoms with E-state index in [1.165, 1.54) is 225 Å². The monoisotopic (exact) mass is 956 g/mol. The van der Waals surface area contributed by atoms with Crippen LogP contribution in [0.1, 0.15) is 309 Å². The van der Waals surface area contributed by atoms with E-state index in [-0.39, 0.29) is 0 Å². The molecule has 68 heavy (non-hydrogen) atoms. The number of hydrogen-bond acceptors (Lipinski definition) is 5. The van der Waals surface area contributed by atoms with Crippen molar-refractivity contribution >= 4 is 5.91 Å². The number of aliphatic hydroxyl groups is 4. The molecule has 0 saturated carbocycles. The molecule has 6 heteroatoms. The van der Waals surface area contributed by atoms with Gasteiger partial charge in [0.25, 0.3) is 0 Å². The fourth-order valence-corrected chi connectivity index (χ4v) is 9.26. The average Bonchev–Trinajstić information content (AvgIpc) is 3.34. The van der Waals surface area contributed by atoms with Crippen LogP contribution in [0.5, 0.6) is 0 Å². The highest BCUT2D eigenvalue weighted by Crippen LogP contribution is 2.17. The van der Waals surface area contributed by atoms with Crippen LogP contribution in [0.4, 0.5) is 0 Å². The van der Waals surface area contributed by atoms with Gasteiger partial charge >= 0.3 is 0 Å². The number of carbonyl (C=O) groups is 1. The number of nitrogens with one attached hydrogen (secondary N) is 1. The van der Waals surface area contributed by atoms with E-state index in [4.69, 9.17) is 0 Å². The number of hydrogen-bond donors (Lipinski definition) is 5. The Hall–Kier alpha value is -1.73. The van der Waals surface area contributed by atoms with E-state index in [9.17, 15) is 25.2 Å². The number of allylic oxidation sites excluding steroid dienone is 8. The summed E-state index contributed by atoms with van der Waals surface area (Å²) in [6.07, 6.45) is 72.1. The Morgan fingerprint density at radius 1 is 0.353 bits per heavy atom. The molecule has 0 radical (unpaired) electrons. The average molecular weight is 957 g/mol. The van der Waals surface area contributed by atoms with Crippen molar-refractivity contribution in [2.45, 2.75) is 334 Å². The number of rotatable bonds is 55. The van der Waals surface area contributed by atoms with Crippen LogP contribution in [0.15, 0.2) is 48.6 Å². The standard InChI is InChI=1S/C62H117NO5/c1-3-5-7-9-11-13-15-17-19-21-22-23-24-25-26-27-28-29-30-31-32-33-34-35-36-37-38-39-40-42-44-46-48-50-52-54-56-60(66)62(68)63-58(57-64)61(67)59(65)55-53-51-49-47-45-43-41-20-18-16-14-12-10-8-6-4-2/h12,14,20,29-30,41,47,49,58-61,64-67H,3-11,13,15-19,21-28,31-40,42-46,48,50-57H2,1-2H3,(H,63,68)/b14-12+,30-29-,41-20+,49-47+. The van der Waals surface area contributed by atoms with Crippen LogP contribution in [0.25, 0.3) is 0 Å². The van der Waals surface area contributed by atoms with Gasteiger partial charge in [-0.25, -0.2) is 0 Å². The molecule has 0 fully saturated rings. The fourth-order valence-electron chi connectivity index (χ4n) is 9.26. The topological polar surface area (TPSA) is 110 Å². The molecule has 0 aliphatic carbocycles. The second-order valence-corrected chi connectivity index (χ2v) is 20.7. The van der Waals surface area contributed by atoms with Gasteiger partial charge in [0, 0.05) is 0 Å². The molecule has 0 aromatic carbocycles. The quantitative estimate of drug-likeness (QED) is 0.0308. The zero-order chi connectivity index (χ0) is 49.5. The van der Waals surface area contributed by atoms with Crippen LogP contribution in [0, 0.1) is 0 Å². The third kappa shape index (κ3) is 49.3. The van der Waals surface area contributed by atoms with Crippen molar-refractivity contribution in [1.29, 1.82) is 0 Å². The van der Waals surface area contributed by atoms with Crippen molar-refractivity contribution < 1.29 is 25.2 Å². The molecule has 400 valence electrons. The van der Waals surface area contributed by atoms with E-state index < -0.39 is 36.9 Å². The van der Waals surface area contributed by atoms with E-state index >= 15 is 0 Å². The Kier molecular flexibility index (Phi) is 54.8. The summed E-state index contributed by atoms with van der Waals surface area (Å²) in [7, 11) is 0. The summed E-state index contributed by atoms with van der Waals surface area (Å²) in [6, 6.07) is -1.01. The van der Waals surface area contributed by atoms with Crippen molar-refractivity contribution in [1.82, 2.24) is 5.32 Å². The van der Waals surface area contributed by atoms with Gasteiger partial charge in [-0.05, 0) is 89.9 Å². The van der Waals surface area contributed by atoms with Gasteiger partial charge in [0.2, 0.25) is 5.91 Å². The lowest BCUT2D eigenvalue weighted by atomic mass is 10.00. The fraction of sp³-hybridized carbons (Fsp3) is 0.855. The number of aliphatic hydroxyl groups excluding tert-OH is 4. The van der Waals surface area contributed by atoms with Gasteiger partial charge in [0.15, 0.2) is 0 Å². The molecular weight excluding hydrogens is 839 g/mol. The maximum atomic E-state index is 12.6. The molecule has 0 heterocycles. The first kappa shape index (κ1) is 66.3. The molecule has 0 bridgehead atoms. The van der Waals surface area contributed by atoms with Gasteiger partial charge in [-0.15, -0.1) is 0 Å². The summed E-state index contributed by atoms with van der Waals surface area (Å²) in [4.78, 5) is 12.6. The van der Waals surface area contributed by atoms with E-state index in [0.717, 1.165) is 51.4 Å². The zero-order valence-electron chi connectivity index (χ0n) is 45.4. The third-order valence-corrected chi connectivity index (χ3v) is 14.0. The second-order valence-electron chi connectivity index (χ2n) is 20.7. The highest BCUT2D eigenvalue weighted by Gasteiger charge is 2.28. The molecule has 0 aliphatic rings. The Bertz CT molecular complexity index is 1120. The van der Waals surface area contributed by atoms with Crippen LogP contribution in [0.3, 0.4) is 0 Å². The lowest BCUT2D eigenvalue weighted by molar-refractivity contribution is -0.132. The number of unbranched alkanes of at least 4 members (excludes halogenated alkanes) is 38. The van der Waals surface area contributed by atoms with Gasteiger partial charge in [-0.2, -0.15) is 0 Å². The third-order valence-electron chi connectivity index (χ3n) is 14.0. The summed E-state index contributed by atoms with van der Waals surface area (Å²) >= 11 is 0. The van der Waals surface area contributed by atoms with Crippen LogP contribution in [-0.2, 0) is 4.79 Å². The molecule has 0 saturated heterocycles. The first-order valence-electron chi connectivity index (χ1n) is 30.0. The minimum absolute atomic E-state index is 0.359. The molecular formula is C62H117NO5. The molecule has 5 N–H and O–H groups in total. The minimum atomic E-state index is -1.29. The normalized spacial score (nSPS) is 14.0. The summed E-state index contributed by atoms with van der Waals surface area (Å²) in [5, 5.41) is 43.9. The Labute approximate surface area is 423 Å². The van der Waals surface area contributed by atoms with Gasteiger partial charge in [0.05, 0.1) is 18.8 Å². The molecule has 0 aliphatic heterocycles. The molecule has 4 atom stereocenters. The predicted molar refractivity (Wildman–Crippen MR) is 297 cm³/mol. The van der Waals surface area contributed by atoms with Crippen LogP contribution >= 0.6 is 0 Å². The Morgan fingerprint density at radius 3 is 0.956 bits per heavy atom. The lowest BCUT2D eigenvalue weighted by Crippen LogP contribution is -2.53. The second kappa shape index (κ2) is 56.2. The van der Waals surface area contributed by atoms with E-state index in [1.807, 2.05) is 0 Å². The van der Waals surface area contributed by atoms with Crippen molar-refractivity contribution in [2.24, 2.45) is 0 Å². The zero-order valence-corrected chi connectivity index (χ0v) is 45.4. The minimum Gasteiger partial charge on any atom is -0.394 e. The molecule has 0 rings (SSSR count). The first-order chi connectivity index (χ1) is 33.5. The van der Waals surface area contributed by atoms with Crippen LogP contribution in [-0.4, -0.2) is 57.3 Å². The van der Waals surface area contributed by atoms with Crippen LogP contribution in [0.2, 0.25) is 0 Å². The first-order valence-corrected chi connectivity index (χ1v) is 30.0. The van der Waals surface area contributed by atoms with Crippen molar-refractivity contribution in [2.75, 3.05) is 6.61 Å². The highest BCUT2D eigenvalue weighted by molar-refractivity contribution is 5.80. The van der Waals surface area contributed by atoms with Gasteiger partial charge in [-0.3, -0.25) is 4.79 Å². The maximum Gasteiger partial charge on any atom is 0.249 e. The molecule has 1 amide bonds. The highest BCUT2D eigenvalue weighted by atomic mass is 16.3. The Balaban J connectivity index is 3.57. The number of amides is 1. The summed E-state index contributed by atoms with van der Waals surface area (Å²) in [5.41, 5.74) is 0. The van der Waals surface area contributed by atoms with Gasteiger partial charge < -0.3 is 25.7 Å². The molecule has 4 unspecified atom stereocenters. The smallest absolute Gasteiger partial charge is 0.249 e. The van der Waals surface area contributed by atoms with Gasteiger partial charge in [0.1, 0.15) is 12.2 Å². The predicted octanol–water partition coefficient (Wildman–Crippen LogP) is 17.8. The van der Waals surface area contributed by atoms with Crippen molar-refractivity contribution in [3.8, 4) is 0 Å². The molecule has 0 aromatic rings. The number of carbonyl (C=O) groups excluding carboxylic acids is 1. The summed E-state index contributed by atoms with van der Waals surface area (Å²) in [6.45, 7) is 4.03. The Morgan fingerprint density at radius 2 is 0.618 bits per heavy atom.